The van der Waals surface area contributed by atoms with Crippen molar-refractivity contribution in [1.29, 1.82) is 0 Å². The first-order valence-electron chi connectivity index (χ1n) is 9.59. The van der Waals surface area contributed by atoms with Gasteiger partial charge in [0.1, 0.15) is 4.21 Å². The van der Waals surface area contributed by atoms with Gasteiger partial charge in [0.15, 0.2) is 0 Å². The summed E-state index contributed by atoms with van der Waals surface area (Å²) in [4.78, 5) is 16.7. The molecule has 0 aliphatic rings. The van der Waals surface area contributed by atoms with Crippen molar-refractivity contribution >= 4 is 44.6 Å². The predicted molar refractivity (Wildman–Crippen MR) is 126 cm³/mol. The molecule has 7 nitrogen and oxygen atoms in total. The van der Waals surface area contributed by atoms with E-state index in [1.807, 2.05) is 42.0 Å². The average molecular weight is 487 g/mol. The number of hydrogen-bond donors (Lipinski definition) is 2. The third-order valence-corrected chi connectivity index (χ3v) is 7.86. The van der Waals surface area contributed by atoms with E-state index in [1.54, 1.807) is 36.8 Å². The summed E-state index contributed by atoms with van der Waals surface area (Å²) in [6.45, 7) is 1.90. The predicted octanol–water partition coefficient (Wildman–Crippen LogP) is 4.88. The smallest absolute Gasteiger partial charge is 0.271 e. The average Bonchev–Trinajstić information content (AvgIpc) is 3.46. The molecular weight excluding hydrogens is 468 g/mol. The van der Waals surface area contributed by atoms with Crippen LogP contribution in [0.2, 0.25) is 4.34 Å². The molecule has 0 spiro atoms. The summed E-state index contributed by atoms with van der Waals surface area (Å²) >= 11 is 6.79. The normalized spacial score (nSPS) is 12.3. The van der Waals surface area contributed by atoms with Crippen LogP contribution in [0.5, 0.6) is 0 Å². The molecule has 2 N–H and O–H groups in total. The number of nitrogens with one attached hydrogen (secondary N) is 2. The van der Waals surface area contributed by atoms with Crippen LogP contribution >= 0.6 is 22.9 Å². The maximum atomic E-state index is 12.6. The quantitative estimate of drug-likeness (QED) is 0.389. The van der Waals surface area contributed by atoms with Gasteiger partial charge < -0.3 is 9.88 Å². The van der Waals surface area contributed by atoms with Crippen LogP contribution in [0.1, 0.15) is 28.9 Å². The first-order valence-corrected chi connectivity index (χ1v) is 12.3. The van der Waals surface area contributed by atoms with Gasteiger partial charge in [-0.25, -0.2) is 13.4 Å². The first-order chi connectivity index (χ1) is 15.3. The molecule has 0 aliphatic carbocycles. The fourth-order valence-electron chi connectivity index (χ4n) is 3.05. The van der Waals surface area contributed by atoms with E-state index in [2.05, 4.69) is 15.0 Å². The van der Waals surface area contributed by atoms with E-state index in [0.717, 1.165) is 22.6 Å². The number of thiophene rings is 1. The van der Waals surface area contributed by atoms with Gasteiger partial charge in [0, 0.05) is 29.3 Å². The highest BCUT2D eigenvalue weighted by molar-refractivity contribution is 7.94. The van der Waals surface area contributed by atoms with Crippen molar-refractivity contribution in [3.63, 3.8) is 0 Å². The van der Waals surface area contributed by atoms with E-state index in [-0.39, 0.29) is 16.2 Å². The number of nitrogens with zero attached hydrogens (tertiary/aromatic N) is 2. The number of anilines is 1. The van der Waals surface area contributed by atoms with E-state index in [4.69, 9.17) is 11.6 Å². The van der Waals surface area contributed by atoms with Crippen LogP contribution in [0.25, 0.3) is 5.69 Å². The van der Waals surface area contributed by atoms with E-state index >= 15 is 0 Å². The molecule has 0 fully saturated rings. The molecule has 32 heavy (non-hydrogen) atoms. The van der Waals surface area contributed by atoms with Crippen molar-refractivity contribution in [1.82, 2.24) is 14.9 Å². The van der Waals surface area contributed by atoms with Crippen LogP contribution in [0, 0.1) is 0 Å². The van der Waals surface area contributed by atoms with E-state index in [9.17, 15) is 13.2 Å². The molecule has 0 bridgehead atoms. The Morgan fingerprint density at radius 1 is 1.06 bits per heavy atom. The van der Waals surface area contributed by atoms with Crippen LogP contribution in [0.4, 0.5) is 5.69 Å². The zero-order chi connectivity index (χ0) is 22.7. The van der Waals surface area contributed by atoms with E-state index in [0.29, 0.717) is 15.6 Å². The van der Waals surface area contributed by atoms with Gasteiger partial charge in [0.25, 0.3) is 15.9 Å². The summed E-state index contributed by atoms with van der Waals surface area (Å²) in [6, 6.07) is 16.8. The second-order valence-electron chi connectivity index (χ2n) is 7.00. The Balaban J connectivity index is 1.39. The van der Waals surface area contributed by atoms with Gasteiger partial charge in [-0.15, -0.1) is 11.3 Å². The molecule has 4 rings (SSSR count). The lowest BCUT2D eigenvalue weighted by Crippen LogP contribution is -2.26. The summed E-state index contributed by atoms with van der Waals surface area (Å²) in [5.41, 5.74) is 2.72. The number of aromatic nitrogens is 2. The van der Waals surface area contributed by atoms with Crippen LogP contribution in [-0.2, 0) is 10.0 Å². The van der Waals surface area contributed by atoms with Crippen molar-refractivity contribution in [2.45, 2.75) is 17.2 Å². The minimum absolute atomic E-state index is 0.122. The second-order valence-corrected chi connectivity index (χ2v) is 10.6. The lowest BCUT2D eigenvalue weighted by atomic mass is 10.1. The van der Waals surface area contributed by atoms with Crippen LogP contribution < -0.4 is 10.0 Å². The van der Waals surface area contributed by atoms with Crippen LogP contribution in [0.3, 0.4) is 0 Å². The Labute approximate surface area is 194 Å². The van der Waals surface area contributed by atoms with Crippen molar-refractivity contribution in [2.75, 3.05) is 4.72 Å². The first kappa shape index (κ1) is 22.1. The van der Waals surface area contributed by atoms with Gasteiger partial charge in [-0.05, 0) is 61.0 Å². The minimum Gasteiger partial charge on any atom is -0.346 e. The third kappa shape index (κ3) is 5.01. The number of sulfonamides is 1. The van der Waals surface area contributed by atoms with Gasteiger partial charge in [-0.2, -0.15) is 0 Å². The second kappa shape index (κ2) is 9.15. The zero-order valence-corrected chi connectivity index (χ0v) is 19.3. The summed E-state index contributed by atoms with van der Waals surface area (Å²) in [5.74, 6) is -0.254. The maximum absolute atomic E-state index is 12.6. The van der Waals surface area contributed by atoms with Crippen molar-refractivity contribution < 1.29 is 13.2 Å². The monoisotopic (exact) mass is 486 g/mol. The molecule has 2 aromatic heterocycles. The number of imidazole rings is 1. The molecule has 0 saturated carbocycles. The van der Waals surface area contributed by atoms with Crippen molar-refractivity contribution in [2.24, 2.45) is 0 Å². The van der Waals surface area contributed by atoms with Crippen LogP contribution in [0.15, 0.2) is 83.6 Å². The lowest BCUT2D eigenvalue weighted by Gasteiger charge is -2.15. The molecule has 1 amide bonds. The third-order valence-electron chi connectivity index (χ3n) is 4.76. The number of rotatable bonds is 7. The molecule has 1 atom stereocenters. The summed E-state index contributed by atoms with van der Waals surface area (Å²) in [5, 5.41) is 2.95. The Hall–Kier alpha value is -3.14. The summed E-state index contributed by atoms with van der Waals surface area (Å²) < 4.78 is 29.7. The molecule has 10 heteroatoms. The van der Waals surface area contributed by atoms with Crippen LogP contribution in [-0.4, -0.2) is 23.9 Å². The molecule has 0 unspecified atom stereocenters. The van der Waals surface area contributed by atoms with Gasteiger partial charge >= 0.3 is 0 Å². The van der Waals surface area contributed by atoms with Gasteiger partial charge in [0.2, 0.25) is 0 Å². The standard InChI is InChI=1S/C22H19ClN4O3S2/c1-15(16-4-8-19(9-5-16)27-13-12-24-14-27)25-22(28)17-2-6-18(7-3-17)26-32(29,30)21-11-10-20(23)31-21/h2-15,26H,1H3,(H,25,28)/t15-/m0/s1. The Bertz CT molecular complexity index is 1320. The van der Waals surface area contributed by atoms with Gasteiger partial charge in [-0.3, -0.25) is 9.52 Å². The Morgan fingerprint density at radius 3 is 2.38 bits per heavy atom. The maximum Gasteiger partial charge on any atom is 0.271 e. The van der Waals surface area contributed by atoms with Crippen molar-refractivity contribution in [3.05, 3.63) is 94.8 Å². The van der Waals surface area contributed by atoms with E-state index < -0.39 is 10.0 Å². The number of amides is 1. The molecule has 0 saturated heterocycles. The SMILES string of the molecule is C[C@H](NC(=O)c1ccc(NS(=O)(=O)c2ccc(Cl)s2)cc1)c1ccc(-n2ccnc2)cc1. The fourth-order valence-corrected chi connectivity index (χ4v) is 5.59. The number of hydrogen-bond acceptors (Lipinski definition) is 5. The molecule has 4 aromatic rings. The molecular formula is C22H19ClN4O3S2. The molecule has 2 heterocycles. The number of halogens is 1. The summed E-state index contributed by atoms with van der Waals surface area (Å²) in [7, 11) is -3.72. The molecule has 0 aliphatic heterocycles. The highest BCUT2D eigenvalue weighted by atomic mass is 35.5. The minimum atomic E-state index is -3.72. The highest BCUT2D eigenvalue weighted by Crippen LogP contribution is 2.27. The Kier molecular flexibility index (Phi) is 6.31. The number of carbonyl (C=O) groups is 1. The fraction of sp³-hybridized carbons (Fsp3) is 0.0909. The molecule has 2 aromatic carbocycles. The van der Waals surface area contributed by atoms with Gasteiger partial charge in [0.05, 0.1) is 16.7 Å². The lowest BCUT2D eigenvalue weighted by molar-refractivity contribution is 0.0940. The van der Waals surface area contributed by atoms with Gasteiger partial charge in [-0.1, -0.05) is 23.7 Å². The summed E-state index contributed by atoms with van der Waals surface area (Å²) in [6.07, 6.45) is 5.30. The topological polar surface area (TPSA) is 93.1 Å². The number of carbonyl (C=O) groups excluding carboxylic acids is 1. The zero-order valence-electron chi connectivity index (χ0n) is 16.9. The number of benzene rings is 2. The van der Waals surface area contributed by atoms with Crippen molar-refractivity contribution in [3.8, 4) is 5.69 Å². The highest BCUT2D eigenvalue weighted by Gasteiger charge is 2.17. The van der Waals surface area contributed by atoms with E-state index in [1.165, 1.54) is 12.1 Å². The molecule has 164 valence electrons. The molecule has 0 radical (unpaired) electrons. The largest absolute Gasteiger partial charge is 0.346 e. The Morgan fingerprint density at radius 2 is 1.78 bits per heavy atom.